The van der Waals surface area contributed by atoms with Crippen LogP contribution in [0.2, 0.25) is 0 Å². The average molecular weight is 361 g/mol. The first-order valence-electron chi connectivity index (χ1n) is 12.1. The third-order valence-electron chi connectivity index (χ3n) is 9.53. The third kappa shape index (κ3) is 3.12. The predicted octanol–water partition coefficient (Wildman–Crippen LogP) is 8.81. The van der Waals surface area contributed by atoms with E-state index in [1.54, 1.807) is 5.57 Å². The maximum atomic E-state index is 2.71. The van der Waals surface area contributed by atoms with Crippen LogP contribution in [0.5, 0.6) is 0 Å². The van der Waals surface area contributed by atoms with E-state index in [1.807, 2.05) is 27.7 Å². The summed E-state index contributed by atoms with van der Waals surface area (Å²) in [6.07, 6.45) is 17.4. The van der Waals surface area contributed by atoms with Gasteiger partial charge in [0.1, 0.15) is 0 Å². The largest absolute Gasteiger partial charge is 0.0879 e. The van der Waals surface area contributed by atoms with Crippen LogP contribution in [0.25, 0.3) is 0 Å². The first kappa shape index (κ1) is 22.0. The first-order valence-corrected chi connectivity index (χ1v) is 12.1. The van der Waals surface area contributed by atoms with Crippen LogP contribution >= 0.6 is 0 Å². The van der Waals surface area contributed by atoms with Crippen LogP contribution in [0.1, 0.15) is 120 Å². The second-order valence-corrected chi connectivity index (χ2v) is 9.91. The van der Waals surface area contributed by atoms with E-state index in [0.717, 1.165) is 17.8 Å². The fourth-order valence-corrected chi connectivity index (χ4v) is 7.93. The van der Waals surface area contributed by atoms with Crippen molar-refractivity contribution in [1.29, 1.82) is 0 Å². The quantitative estimate of drug-likeness (QED) is 0.378. The minimum Gasteiger partial charge on any atom is -0.0879 e. The fraction of sp³-hybridized carbons (Fsp3) is 0.923. The molecule has 0 saturated heterocycles. The molecule has 5 unspecified atom stereocenters. The molecule has 26 heavy (non-hydrogen) atoms. The summed E-state index contributed by atoms with van der Waals surface area (Å²) in [6.45, 7) is 18.3. The van der Waals surface area contributed by atoms with Crippen molar-refractivity contribution in [1.82, 2.24) is 0 Å². The standard InChI is InChI=1S/C22H36.2C2H6/c1-5-16-8-9-18-17-10-14-20(2)12-6-7-13-22(20,4)19(17)11-15-21(16,18)3;2*1-2/h5,17-19H,6-15H2,1-4H3;2*1-2H3/b16-5-;;/t17?,18?,19?,20?,21-,22?;;/m1../s1. The number of hydrogen-bond donors (Lipinski definition) is 0. The molecule has 152 valence electrons. The molecule has 0 heteroatoms. The maximum absolute atomic E-state index is 2.71. The molecule has 4 fully saturated rings. The minimum atomic E-state index is 0.564. The van der Waals surface area contributed by atoms with Gasteiger partial charge in [-0.1, -0.05) is 73.0 Å². The molecule has 0 bridgehead atoms. The van der Waals surface area contributed by atoms with Crippen LogP contribution in [0, 0.1) is 34.0 Å². The van der Waals surface area contributed by atoms with Crippen LogP contribution < -0.4 is 0 Å². The number of rotatable bonds is 0. The Bertz CT molecular complexity index is 488. The van der Waals surface area contributed by atoms with E-state index in [4.69, 9.17) is 0 Å². The zero-order chi connectivity index (χ0) is 19.6. The van der Waals surface area contributed by atoms with Gasteiger partial charge in [-0.25, -0.2) is 0 Å². The molecule has 4 aliphatic carbocycles. The maximum Gasteiger partial charge on any atom is -0.00853 e. The minimum absolute atomic E-state index is 0.564. The molecular weight excluding hydrogens is 312 g/mol. The summed E-state index contributed by atoms with van der Waals surface area (Å²) in [5, 5.41) is 0. The van der Waals surface area contributed by atoms with Gasteiger partial charge in [-0.2, -0.15) is 0 Å². The van der Waals surface area contributed by atoms with Crippen molar-refractivity contribution in [2.75, 3.05) is 0 Å². The highest BCUT2D eigenvalue weighted by atomic mass is 14.7. The fourth-order valence-electron chi connectivity index (χ4n) is 7.93. The molecule has 0 radical (unpaired) electrons. The molecule has 6 atom stereocenters. The lowest BCUT2D eigenvalue weighted by atomic mass is 9.41. The van der Waals surface area contributed by atoms with Gasteiger partial charge in [0.15, 0.2) is 0 Å². The van der Waals surface area contributed by atoms with Crippen LogP contribution in [0.3, 0.4) is 0 Å². The molecule has 4 rings (SSSR count). The molecule has 0 N–H and O–H groups in total. The number of allylic oxidation sites excluding steroid dienone is 2. The Morgan fingerprint density at radius 3 is 2.08 bits per heavy atom. The van der Waals surface area contributed by atoms with Crippen LogP contribution in [-0.4, -0.2) is 0 Å². The lowest BCUT2D eigenvalue weighted by Gasteiger charge is -2.64. The topological polar surface area (TPSA) is 0 Å². The molecule has 4 aliphatic rings. The normalized spacial score (nSPS) is 48.2. The van der Waals surface area contributed by atoms with Crippen molar-refractivity contribution in [3.8, 4) is 0 Å². The van der Waals surface area contributed by atoms with Gasteiger partial charge >= 0.3 is 0 Å². The summed E-state index contributed by atoms with van der Waals surface area (Å²) < 4.78 is 0. The van der Waals surface area contributed by atoms with E-state index in [0.29, 0.717) is 16.2 Å². The molecule has 0 nitrogen and oxygen atoms in total. The average Bonchev–Trinajstić information content (AvgIpc) is 3.02. The van der Waals surface area contributed by atoms with Gasteiger partial charge in [0.05, 0.1) is 0 Å². The van der Waals surface area contributed by atoms with Crippen molar-refractivity contribution in [2.45, 2.75) is 120 Å². The SMILES string of the molecule is C/C=C1/CCC2C3CCC4(C)CCCCC4(C)C3CC[C@]12C.CC.CC. The van der Waals surface area contributed by atoms with Gasteiger partial charge in [-0.3, -0.25) is 0 Å². The van der Waals surface area contributed by atoms with Gasteiger partial charge in [0.2, 0.25) is 0 Å². The Morgan fingerprint density at radius 2 is 1.42 bits per heavy atom. The Kier molecular flexibility index (Phi) is 7.12. The molecule has 0 spiro atoms. The highest BCUT2D eigenvalue weighted by Gasteiger charge is 2.61. The Balaban J connectivity index is 0.000000570. The van der Waals surface area contributed by atoms with Gasteiger partial charge in [0, 0.05) is 0 Å². The van der Waals surface area contributed by atoms with Crippen molar-refractivity contribution in [2.24, 2.45) is 34.0 Å². The summed E-state index contributed by atoms with van der Waals surface area (Å²) >= 11 is 0. The molecule has 0 aromatic rings. The van der Waals surface area contributed by atoms with Gasteiger partial charge < -0.3 is 0 Å². The van der Waals surface area contributed by atoms with Crippen LogP contribution in [0.15, 0.2) is 11.6 Å². The lowest BCUT2D eigenvalue weighted by molar-refractivity contribution is -0.144. The zero-order valence-corrected chi connectivity index (χ0v) is 19.4. The van der Waals surface area contributed by atoms with Crippen molar-refractivity contribution >= 4 is 0 Å². The highest BCUT2D eigenvalue weighted by Crippen LogP contribution is 2.70. The molecule has 0 aromatic carbocycles. The van der Waals surface area contributed by atoms with E-state index in [2.05, 4.69) is 33.8 Å². The van der Waals surface area contributed by atoms with Crippen molar-refractivity contribution < 1.29 is 0 Å². The highest BCUT2D eigenvalue weighted by molar-refractivity contribution is 5.24. The molecule has 4 saturated carbocycles. The Morgan fingerprint density at radius 1 is 0.769 bits per heavy atom. The monoisotopic (exact) mass is 360 g/mol. The van der Waals surface area contributed by atoms with Crippen molar-refractivity contribution in [3.63, 3.8) is 0 Å². The van der Waals surface area contributed by atoms with E-state index in [1.165, 1.54) is 64.2 Å². The zero-order valence-electron chi connectivity index (χ0n) is 19.4. The second-order valence-electron chi connectivity index (χ2n) is 9.91. The summed E-state index contributed by atoms with van der Waals surface area (Å²) in [5.74, 6) is 3.06. The molecule has 0 amide bonds. The third-order valence-corrected chi connectivity index (χ3v) is 9.53. The van der Waals surface area contributed by atoms with Crippen LogP contribution in [-0.2, 0) is 0 Å². The van der Waals surface area contributed by atoms with Gasteiger partial charge in [-0.05, 0) is 92.3 Å². The van der Waals surface area contributed by atoms with Gasteiger partial charge in [-0.15, -0.1) is 0 Å². The molecule has 0 aliphatic heterocycles. The molecule has 0 heterocycles. The van der Waals surface area contributed by atoms with E-state index in [9.17, 15) is 0 Å². The molecule has 0 aromatic heterocycles. The van der Waals surface area contributed by atoms with E-state index < -0.39 is 0 Å². The summed E-state index contributed by atoms with van der Waals surface area (Å²) in [6, 6.07) is 0. The van der Waals surface area contributed by atoms with E-state index in [-0.39, 0.29) is 0 Å². The number of hydrogen-bond acceptors (Lipinski definition) is 0. The summed E-state index contributed by atoms with van der Waals surface area (Å²) in [7, 11) is 0. The lowest BCUT2D eigenvalue weighted by Crippen LogP contribution is -2.56. The first-order chi connectivity index (χ1) is 12.4. The van der Waals surface area contributed by atoms with E-state index >= 15 is 0 Å². The molecular formula is C26H48. The van der Waals surface area contributed by atoms with Crippen molar-refractivity contribution in [3.05, 3.63) is 11.6 Å². The summed E-state index contributed by atoms with van der Waals surface area (Å²) in [5.41, 5.74) is 3.67. The second kappa shape index (κ2) is 8.40. The number of fused-ring (bicyclic) bond motifs is 5. The Hall–Kier alpha value is -0.260. The smallest absolute Gasteiger partial charge is 0.00853 e. The Labute approximate surface area is 165 Å². The van der Waals surface area contributed by atoms with Crippen LogP contribution in [0.4, 0.5) is 0 Å². The summed E-state index contributed by atoms with van der Waals surface area (Å²) in [4.78, 5) is 0. The predicted molar refractivity (Wildman–Crippen MR) is 117 cm³/mol. The van der Waals surface area contributed by atoms with Gasteiger partial charge in [0.25, 0.3) is 0 Å².